The predicted octanol–water partition coefficient (Wildman–Crippen LogP) is -0.992. The minimum Gasteiger partial charge on any atom is -0.375 e. The van der Waals surface area contributed by atoms with Crippen LogP contribution in [0.1, 0.15) is 6.42 Å². The summed E-state index contributed by atoms with van der Waals surface area (Å²) in [5.41, 5.74) is 5.66. The average Bonchev–Trinajstić information content (AvgIpc) is 2.67. The molecule has 3 N–H and O–H groups in total. The molecule has 2 saturated heterocycles. The normalized spacial score (nSPS) is 36.7. The maximum absolute atomic E-state index is 5.66. The Morgan fingerprint density at radius 3 is 2.85 bits per heavy atom. The van der Waals surface area contributed by atoms with E-state index < -0.39 is 0 Å². The van der Waals surface area contributed by atoms with E-state index in [1.54, 1.807) is 0 Å². The molecule has 2 heterocycles. The molecule has 0 aromatic rings. The SMILES string of the molecule is NC[C@@H]1OCC[C@@H]1N1CCNCC1. The summed E-state index contributed by atoms with van der Waals surface area (Å²) in [6, 6.07) is 0.576. The van der Waals surface area contributed by atoms with E-state index >= 15 is 0 Å². The van der Waals surface area contributed by atoms with E-state index in [1.165, 1.54) is 0 Å². The lowest BCUT2D eigenvalue weighted by atomic mass is 10.1. The van der Waals surface area contributed by atoms with Gasteiger partial charge in [0.2, 0.25) is 0 Å². The second-order valence-electron chi connectivity index (χ2n) is 3.79. The summed E-state index contributed by atoms with van der Waals surface area (Å²) in [7, 11) is 0. The monoisotopic (exact) mass is 185 g/mol. The summed E-state index contributed by atoms with van der Waals surface area (Å²) in [5.74, 6) is 0. The topological polar surface area (TPSA) is 50.5 Å². The van der Waals surface area contributed by atoms with Crippen molar-refractivity contribution in [2.24, 2.45) is 5.73 Å². The first kappa shape index (κ1) is 9.40. The summed E-state index contributed by atoms with van der Waals surface area (Å²) in [4.78, 5) is 2.51. The van der Waals surface area contributed by atoms with Crippen molar-refractivity contribution in [2.75, 3.05) is 39.3 Å². The van der Waals surface area contributed by atoms with E-state index in [0.29, 0.717) is 12.6 Å². The molecule has 2 aliphatic heterocycles. The number of nitrogens with zero attached hydrogens (tertiary/aromatic N) is 1. The van der Waals surface area contributed by atoms with E-state index in [9.17, 15) is 0 Å². The third-order valence-electron chi connectivity index (χ3n) is 3.03. The minimum absolute atomic E-state index is 0.276. The maximum Gasteiger partial charge on any atom is 0.0852 e. The smallest absolute Gasteiger partial charge is 0.0852 e. The third-order valence-corrected chi connectivity index (χ3v) is 3.03. The van der Waals surface area contributed by atoms with Gasteiger partial charge in [0.1, 0.15) is 0 Å². The van der Waals surface area contributed by atoms with Gasteiger partial charge in [-0.15, -0.1) is 0 Å². The van der Waals surface area contributed by atoms with Gasteiger partial charge < -0.3 is 15.8 Å². The third kappa shape index (κ3) is 2.02. The lowest BCUT2D eigenvalue weighted by Crippen LogP contribution is -2.52. The van der Waals surface area contributed by atoms with E-state index in [0.717, 1.165) is 39.2 Å². The maximum atomic E-state index is 5.66. The van der Waals surface area contributed by atoms with Gasteiger partial charge in [-0.3, -0.25) is 4.90 Å². The number of hydrogen-bond donors (Lipinski definition) is 2. The fourth-order valence-electron chi connectivity index (χ4n) is 2.29. The molecule has 2 fully saturated rings. The van der Waals surface area contributed by atoms with E-state index in [4.69, 9.17) is 10.5 Å². The summed E-state index contributed by atoms with van der Waals surface area (Å²) in [6.07, 6.45) is 1.43. The Kier molecular flexibility index (Phi) is 3.16. The molecule has 2 atom stereocenters. The number of nitrogens with one attached hydrogen (secondary N) is 1. The zero-order valence-electron chi connectivity index (χ0n) is 8.04. The molecule has 4 heteroatoms. The molecule has 0 radical (unpaired) electrons. The Labute approximate surface area is 79.4 Å². The van der Waals surface area contributed by atoms with Gasteiger partial charge in [0.05, 0.1) is 6.10 Å². The highest BCUT2D eigenvalue weighted by Crippen LogP contribution is 2.19. The highest BCUT2D eigenvalue weighted by Gasteiger charge is 2.32. The zero-order valence-corrected chi connectivity index (χ0v) is 8.04. The zero-order chi connectivity index (χ0) is 9.10. The van der Waals surface area contributed by atoms with Crippen LogP contribution in [0.4, 0.5) is 0 Å². The first-order valence-electron chi connectivity index (χ1n) is 5.18. The van der Waals surface area contributed by atoms with Crippen LogP contribution in [0.2, 0.25) is 0 Å². The van der Waals surface area contributed by atoms with Crippen molar-refractivity contribution < 1.29 is 4.74 Å². The van der Waals surface area contributed by atoms with Crippen molar-refractivity contribution in [3.8, 4) is 0 Å². The Balaban J connectivity index is 1.90. The van der Waals surface area contributed by atoms with Crippen LogP contribution in [0.15, 0.2) is 0 Å². The average molecular weight is 185 g/mol. The Hall–Kier alpha value is -0.160. The quantitative estimate of drug-likeness (QED) is 0.580. The van der Waals surface area contributed by atoms with Gasteiger partial charge in [0.15, 0.2) is 0 Å². The summed E-state index contributed by atoms with van der Waals surface area (Å²) in [6.45, 7) is 6.04. The van der Waals surface area contributed by atoms with Gasteiger partial charge in [-0.2, -0.15) is 0 Å². The van der Waals surface area contributed by atoms with Crippen molar-refractivity contribution in [1.82, 2.24) is 10.2 Å². The van der Waals surface area contributed by atoms with E-state index in [-0.39, 0.29) is 6.10 Å². The van der Waals surface area contributed by atoms with Crippen LogP contribution in [0.3, 0.4) is 0 Å². The van der Waals surface area contributed by atoms with Gasteiger partial charge in [0, 0.05) is 45.4 Å². The lowest BCUT2D eigenvalue weighted by Gasteiger charge is -2.34. The molecule has 0 bridgehead atoms. The van der Waals surface area contributed by atoms with Crippen LogP contribution in [0.25, 0.3) is 0 Å². The van der Waals surface area contributed by atoms with Gasteiger partial charge in [-0.25, -0.2) is 0 Å². The summed E-state index contributed by atoms with van der Waals surface area (Å²) in [5, 5.41) is 3.36. The molecule has 76 valence electrons. The lowest BCUT2D eigenvalue weighted by molar-refractivity contribution is 0.0620. The number of piperazine rings is 1. The van der Waals surface area contributed by atoms with Gasteiger partial charge in [0.25, 0.3) is 0 Å². The molecular formula is C9H19N3O. The molecule has 13 heavy (non-hydrogen) atoms. The molecule has 0 saturated carbocycles. The number of nitrogens with two attached hydrogens (primary N) is 1. The molecule has 2 rings (SSSR count). The van der Waals surface area contributed by atoms with Crippen molar-refractivity contribution in [3.05, 3.63) is 0 Å². The van der Waals surface area contributed by atoms with Crippen LogP contribution < -0.4 is 11.1 Å². The molecule has 0 unspecified atom stereocenters. The van der Waals surface area contributed by atoms with Gasteiger partial charge >= 0.3 is 0 Å². The number of hydrogen-bond acceptors (Lipinski definition) is 4. The Morgan fingerprint density at radius 1 is 1.38 bits per heavy atom. The Morgan fingerprint density at radius 2 is 2.15 bits per heavy atom. The first-order chi connectivity index (χ1) is 6.42. The van der Waals surface area contributed by atoms with Crippen LogP contribution in [-0.2, 0) is 4.74 Å². The molecule has 0 aliphatic carbocycles. The number of rotatable bonds is 2. The first-order valence-corrected chi connectivity index (χ1v) is 5.18. The highest BCUT2D eigenvalue weighted by atomic mass is 16.5. The van der Waals surface area contributed by atoms with E-state index in [2.05, 4.69) is 10.2 Å². The van der Waals surface area contributed by atoms with Gasteiger partial charge in [-0.1, -0.05) is 0 Å². The van der Waals surface area contributed by atoms with Crippen LogP contribution >= 0.6 is 0 Å². The standard InChI is InChI=1S/C9H19N3O/c10-7-9-8(1-6-13-9)12-4-2-11-3-5-12/h8-9,11H,1-7,10H2/t8-,9-/m0/s1. The van der Waals surface area contributed by atoms with E-state index in [1.807, 2.05) is 0 Å². The summed E-state index contributed by atoms with van der Waals surface area (Å²) < 4.78 is 5.58. The minimum atomic E-state index is 0.276. The van der Waals surface area contributed by atoms with Gasteiger partial charge in [-0.05, 0) is 6.42 Å². The van der Waals surface area contributed by atoms with Crippen LogP contribution in [-0.4, -0.2) is 56.4 Å². The molecule has 0 amide bonds. The van der Waals surface area contributed by atoms with Crippen molar-refractivity contribution in [3.63, 3.8) is 0 Å². The highest BCUT2D eigenvalue weighted by molar-refractivity contribution is 4.87. The molecule has 0 aromatic carbocycles. The molecule has 0 spiro atoms. The van der Waals surface area contributed by atoms with Crippen molar-refractivity contribution in [2.45, 2.75) is 18.6 Å². The molecule has 4 nitrogen and oxygen atoms in total. The van der Waals surface area contributed by atoms with Crippen molar-refractivity contribution in [1.29, 1.82) is 0 Å². The number of ether oxygens (including phenoxy) is 1. The van der Waals surface area contributed by atoms with Crippen LogP contribution in [0.5, 0.6) is 0 Å². The molecular weight excluding hydrogens is 166 g/mol. The fourth-order valence-corrected chi connectivity index (χ4v) is 2.29. The molecule has 0 aromatic heterocycles. The largest absolute Gasteiger partial charge is 0.375 e. The second-order valence-corrected chi connectivity index (χ2v) is 3.79. The fraction of sp³-hybridized carbons (Fsp3) is 1.00. The summed E-state index contributed by atoms with van der Waals surface area (Å²) >= 11 is 0. The molecule has 2 aliphatic rings. The van der Waals surface area contributed by atoms with Crippen molar-refractivity contribution >= 4 is 0 Å². The predicted molar refractivity (Wildman–Crippen MR) is 51.6 cm³/mol. The second kappa shape index (κ2) is 4.37. The van der Waals surface area contributed by atoms with Crippen LogP contribution in [0, 0.1) is 0 Å². The Bertz CT molecular complexity index is 159.